The van der Waals surface area contributed by atoms with Crippen molar-refractivity contribution in [2.45, 2.75) is 57.7 Å². The normalized spacial score (nSPS) is 23.2. The summed E-state index contributed by atoms with van der Waals surface area (Å²) < 4.78 is 5.43. The number of aliphatic carboxylic acids is 1. The fraction of sp³-hybridized carbons (Fsp3) is 0.846. The van der Waals surface area contributed by atoms with Gasteiger partial charge in [-0.15, -0.1) is 0 Å². The third-order valence-electron chi connectivity index (χ3n) is 4.12. The number of hydrogen-bond donors (Lipinski definition) is 2. The van der Waals surface area contributed by atoms with Crippen LogP contribution in [0.25, 0.3) is 0 Å². The summed E-state index contributed by atoms with van der Waals surface area (Å²) in [5.41, 5.74) is -1.19. The van der Waals surface area contributed by atoms with Gasteiger partial charge in [0.25, 0.3) is 0 Å². The van der Waals surface area contributed by atoms with Gasteiger partial charge >= 0.3 is 12.0 Å². The lowest BCUT2D eigenvalue weighted by Gasteiger charge is -2.33. The summed E-state index contributed by atoms with van der Waals surface area (Å²) in [6, 6.07) is -0.353. The maximum atomic E-state index is 12.2. The van der Waals surface area contributed by atoms with Gasteiger partial charge in [-0.2, -0.15) is 0 Å². The van der Waals surface area contributed by atoms with E-state index in [2.05, 4.69) is 5.32 Å². The maximum absolute atomic E-state index is 12.2. The Labute approximate surface area is 114 Å². The second kappa shape index (κ2) is 6.23. The first-order valence-corrected chi connectivity index (χ1v) is 6.78. The Kier molecular flexibility index (Phi) is 5.17. The molecule has 1 rings (SSSR count). The third-order valence-corrected chi connectivity index (χ3v) is 4.12. The van der Waals surface area contributed by atoms with Crippen LogP contribution < -0.4 is 5.32 Å². The van der Waals surface area contributed by atoms with Gasteiger partial charge in [-0.05, 0) is 26.2 Å². The van der Waals surface area contributed by atoms with E-state index >= 15 is 0 Å². The number of hydrogen-bond acceptors (Lipinski definition) is 3. The molecule has 0 bridgehead atoms. The van der Waals surface area contributed by atoms with Crippen molar-refractivity contribution in [1.29, 1.82) is 0 Å². The highest BCUT2D eigenvalue weighted by Gasteiger charge is 2.39. The van der Waals surface area contributed by atoms with Crippen molar-refractivity contribution in [2.75, 3.05) is 13.7 Å². The maximum Gasteiger partial charge on any atom is 0.329 e. The number of nitrogens with zero attached hydrogens (tertiary/aromatic N) is 1. The quantitative estimate of drug-likeness (QED) is 0.794. The molecule has 1 aliphatic rings. The summed E-state index contributed by atoms with van der Waals surface area (Å²) in [4.78, 5) is 25.1. The largest absolute Gasteiger partial charge is 0.480 e. The summed E-state index contributed by atoms with van der Waals surface area (Å²) in [6.45, 7) is 6.08. The van der Waals surface area contributed by atoms with Crippen LogP contribution >= 0.6 is 0 Å². The fourth-order valence-electron chi connectivity index (χ4n) is 2.46. The zero-order valence-corrected chi connectivity index (χ0v) is 12.1. The van der Waals surface area contributed by atoms with E-state index in [1.807, 2.05) is 6.92 Å². The molecular formula is C13H24N2O4. The summed E-state index contributed by atoms with van der Waals surface area (Å²) in [7, 11) is 1.68. The molecule has 110 valence electrons. The van der Waals surface area contributed by atoms with E-state index in [4.69, 9.17) is 4.74 Å². The lowest BCUT2D eigenvalue weighted by Crippen LogP contribution is -2.58. The van der Waals surface area contributed by atoms with Crippen molar-refractivity contribution in [1.82, 2.24) is 10.2 Å². The molecule has 0 saturated carbocycles. The minimum Gasteiger partial charge on any atom is -0.480 e. The average Bonchev–Trinajstić information content (AvgIpc) is 2.80. The second-order valence-corrected chi connectivity index (χ2v) is 5.07. The van der Waals surface area contributed by atoms with Crippen LogP contribution in [0.1, 0.15) is 40.0 Å². The summed E-state index contributed by atoms with van der Waals surface area (Å²) >= 11 is 0. The Morgan fingerprint density at radius 3 is 2.37 bits per heavy atom. The Morgan fingerprint density at radius 2 is 2.00 bits per heavy atom. The number of rotatable bonds is 5. The van der Waals surface area contributed by atoms with Crippen LogP contribution in [-0.4, -0.2) is 53.3 Å². The molecule has 2 amide bonds. The van der Waals surface area contributed by atoms with Gasteiger partial charge in [-0.1, -0.05) is 13.8 Å². The SMILES string of the molecule is CCC(CC)(NC(=O)N(C)C1CCOC1C)C(=O)O. The van der Waals surface area contributed by atoms with Gasteiger partial charge < -0.3 is 20.1 Å². The Morgan fingerprint density at radius 1 is 1.42 bits per heavy atom. The standard InChI is InChI=1S/C13H24N2O4/c1-5-13(6-2,11(16)17)14-12(18)15(4)10-7-8-19-9(10)3/h9-10H,5-8H2,1-4H3,(H,14,18)(H,16,17). The molecule has 6 heteroatoms. The van der Waals surface area contributed by atoms with E-state index in [0.717, 1.165) is 6.42 Å². The van der Waals surface area contributed by atoms with Crippen LogP contribution in [0.3, 0.4) is 0 Å². The van der Waals surface area contributed by atoms with Gasteiger partial charge in [0, 0.05) is 13.7 Å². The molecule has 1 fully saturated rings. The number of amides is 2. The van der Waals surface area contributed by atoms with Crippen molar-refractivity contribution in [3.63, 3.8) is 0 Å². The van der Waals surface area contributed by atoms with Crippen molar-refractivity contribution in [2.24, 2.45) is 0 Å². The minimum absolute atomic E-state index is 0.000192. The van der Waals surface area contributed by atoms with Crippen molar-refractivity contribution < 1.29 is 19.4 Å². The number of carbonyl (C=O) groups excluding carboxylic acids is 1. The monoisotopic (exact) mass is 272 g/mol. The number of carbonyl (C=O) groups is 2. The zero-order chi connectivity index (χ0) is 14.6. The number of carboxylic acids is 1. The number of likely N-dealkylation sites (N-methyl/N-ethyl adjacent to an activating group) is 1. The molecule has 0 aliphatic carbocycles. The van der Waals surface area contributed by atoms with E-state index in [9.17, 15) is 14.7 Å². The Hall–Kier alpha value is -1.30. The average molecular weight is 272 g/mol. The van der Waals surface area contributed by atoms with Gasteiger partial charge in [0.05, 0.1) is 12.1 Å². The molecule has 1 heterocycles. The van der Waals surface area contributed by atoms with Crippen LogP contribution in [0.5, 0.6) is 0 Å². The molecule has 0 aromatic rings. The number of nitrogens with one attached hydrogen (secondary N) is 1. The van der Waals surface area contributed by atoms with Gasteiger partial charge in [0.2, 0.25) is 0 Å². The summed E-state index contributed by atoms with van der Waals surface area (Å²) in [5.74, 6) is -0.991. The predicted molar refractivity (Wildman–Crippen MR) is 71.1 cm³/mol. The third kappa shape index (κ3) is 3.18. The van der Waals surface area contributed by atoms with Gasteiger partial charge in [-0.25, -0.2) is 9.59 Å². The fourth-order valence-corrected chi connectivity index (χ4v) is 2.46. The van der Waals surface area contributed by atoms with E-state index in [0.29, 0.717) is 19.4 Å². The molecule has 2 atom stereocenters. The summed E-state index contributed by atoms with van der Waals surface area (Å²) in [6.07, 6.45) is 1.48. The van der Waals surface area contributed by atoms with Crippen LogP contribution in [-0.2, 0) is 9.53 Å². The number of urea groups is 1. The first-order chi connectivity index (χ1) is 8.88. The van der Waals surface area contributed by atoms with Crippen LogP contribution in [0, 0.1) is 0 Å². The second-order valence-electron chi connectivity index (χ2n) is 5.07. The predicted octanol–water partition coefficient (Wildman–Crippen LogP) is 1.45. The highest BCUT2D eigenvalue weighted by molar-refractivity contribution is 5.86. The van der Waals surface area contributed by atoms with Gasteiger partial charge in [0.1, 0.15) is 5.54 Å². The van der Waals surface area contributed by atoms with E-state index in [-0.39, 0.29) is 18.2 Å². The van der Waals surface area contributed by atoms with E-state index in [1.54, 1.807) is 25.8 Å². The molecule has 0 spiro atoms. The zero-order valence-electron chi connectivity index (χ0n) is 12.1. The molecule has 2 N–H and O–H groups in total. The number of ether oxygens (including phenoxy) is 1. The Bertz CT molecular complexity index is 342. The topological polar surface area (TPSA) is 78.9 Å². The van der Waals surface area contributed by atoms with Crippen molar-refractivity contribution >= 4 is 12.0 Å². The molecule has 1 aliphatic heterocycles. The van der Waals surface area contributed by atoms with E-state index < -0.39 is 11.5 Å². The van der Waals surface area contributed by atoms with Crippen LogP contribution in [0.4, 0.5) is 4.79 Å². The van der Waals surface area contributed by atoms with E-state index in [1.165, 1.54) is 0 Å². The smallest absolute Gasteiger partial charge is 0.329 e. The van der Waals surface area contributed by atoms with Gasteiger partial charge in [0.15, 0.2) is 0 Å². The van der Waals surface area contributed by atoms with Crippen molar-refractivity contribution in [3.05, 3.63) is 0 Å². The van der Waals surface area contributed by atoms with Crippen LogP contribution in [0.15, 0.2) is 0 Å². The highest BCUT2D eigenvalue weighted by Crippen LogP contribution is 2.20. The van der Waals surface area contributed by atoms with Crippen molar-refractivity contribution in [3.8, 4) is 0 Å². The molecule has 0 aromatic carbocycles. The highest BCUT2D eigenvalue weighted by atomic mass is 16.5. The molecule has 6 nitrogen and oxygen atoms in total. The molecule has 0 aromatic heterocycles. The first kappa shape index (κ1) is 15.8. The molecule has 19 heavy (non-hydrogen) atoms. The lowest BCUT2D eigenvalue weighted by atomic mass is 9.93. The summed E-state index contributed by atoms with van der Waals surface area (Å²) in [5, 5.41) is 12.0. The Balaban J connectivity index is 2.74. The molecule has 1 saturated heterocycles. The van der Waals surface area contributed by atoms with Gasteiger partial charge in [-0.3, -0.25) is 0 Å². The van der Waals surface area contributed by atoms with Crippen LogP contribution in [0.2, 0.25) is 0 Å². The molecular weight excluding hydrogens is 248 g/mol. The first-order valence-electron chi connectivity index (χ1n) is 6.78. The number of carboxylic acid groups (broad SMARTS) is 1. The lowest BCUT2D eigenvalue weighted by molar-refractivity contribution is -0.144. The molecule has 2 unspecified atom stereocenters. The molecule has 0 radical (unpaired) electrons. The minimum atomic E-state index is -1.19.